The second-order valence-electron chi connectivity index (χ2n) is 8.79. The van der Waals surface area contributed by atoms with Crippen molar-refractivity contribution < 1.29 is 18.6 Å². The molecule has 1 unspecified atom stereocenters. The molecule has 2 aromatic rings. The lowest BCUT2D eigenvalue weighted by Crippen LogP contribution is -2.13. The quantitative estimate of drug-likeness (QED) is 0.578. The third-order valence-electron chi connectivity index (χ3n) is 6.30. The van der Waals surface area contributed by atoms with E-state index in [2.05, 4.69) is 23.0 Å². The molecule has 0 aromatic heterocycles. The van der Waals surface area contributed by atoms with Crippen LogP contribution in [0, 0.1) is 11.6 Å². The van der Waals surface area contributed by atoms with Gasteiger partial charge in [-0.05, 0) is 61.2 Å². The molecule has 7 heteroatoms. The summed E-state index contributed by atoms with van der Waals surface area (Å²) < 4.78 is 34.0. The molecule has 178 valence electrons. The number of phenolic OH excluding ortho intramolecular Hbond substituents is 1. The molecule has 35 heavy (non-hydrogen) atoms. The summed E-state index contributed by atoms with van der Waals surface area (Å²) in [7, 11) is 0. The van der Waals surface area contributed by atoms with E-state index in [0.717, 1.165) is 42.2 Å². The Morgan fingerprint density at radius 1 is 1.09 bits per heavy atom. The average Bonchev–Trinajstić information content (AvgIpc) is 3.13. The van der Waals surface area contributed by atoms with E-state index in [4.69, 9.17) is 9.73 Å². The fourth-order valence-corrected chi connectivity index (χ4v) is 4.34. The standard InChI is InChI=1S/C28H25F2N3O2/c1-17-12-13-35-21(15-23(17)18-8-10-20(34)11-9-18)14-19-4-2-7-25-26(16-31-19)33-28(32-25)22-5-3-6-24(29)27(22)30/h3,5-11,15-16,19,34H,2,4,12-14H2,1H3. The van der Waals surface area contributed by atoms with Gasteiger partial charge in [0.15, 0.2) is 17.5 Å². The van der Waals surface area contributed by atoms with Gasteiger partial charge in [0, 0.05) is 19.1 Å². The van der Waals surface area contributed by atoms with Crippen molar-refractivity contribution in [1.82, 2.24) is 0 Å². The molecular weight excluding hydrogens is 448 g/mol. The molecule has 5 rings (SSSR count). The zero-order chi connectivity index (χ0) is 24.4. The Morgan fingerprint density at radius 3 is 2.74 bits per heavy atom. The van der Waals surface area contributed by atoms with E-state index < -0.39 is 11.6 Å². The largest absolute Gasteiger partial charge is 0.508 e. The number of hydrogen-bond donors (Lipinski definition) is 1. The molecule has 0 radical (unpaired) electrons. The van der Waals surface area contributed by atoms with E-state index in [0.29, 0.717) is 24.4 Å². The number of aliphatic imine (C=N–C) groups is 3. The Kier molecular flexibility index (Phi) is 6.40. The number of ether oxygens (including phenoxy) is 1. The molecule has 0 saturated heterocycles. The van der Waals surface area contributed by atoms with Crippen LogP contribution in [0.25, 0.3) is 5.57 Å². The lowest BCUT2D eigenvalue weighted by atomic mass is 9.97. The smallest absolute Gasteiger partial charge is 0.169 e. The Labute approximate surface area is 202 Å². The number of halogens is 2. The molecule has 0 spiro atoms. The van der Waals surface area contributed by atoms with Crippen molar-refractivity contribution in [2.75, 3.05) is 6.61 Å². The molecular formula is C28H25F2N3O2. The monoisotopic (exact) mass is 473 g/mol. The minimum absolute atomic E-state index is 0.0174. The molecule has 2 aromatic carbocycles. The Morgan fingerprint density at radius 2 is 1.91 bits per heavy atom. The molecule has 3 aliphatic rings. The molecule has 0 saturated carbocycles. The summed E-state index contributed by atoms with van der Waals surface area (Å²) >= 11 is 0. The molecule has 1 atom stereocenters. The summed E-state index contributed by atoms with van der Waals surface area (Å²) in [5.74, 6) is -0.624. The fraction of sp³-hybridized carbons (Fsp3) is 0.250. The maximum Gasteiger partial charge on any atom is 0.169 e. The highest BCUT2D eigenvalue weighted by molar-refractivity contribution is 6.43. The highest BCUT2D eigenvalue weighted by atomic mass is 19.2. The number of hydrogen-bond acceptors (Lipinski definition) is 5. The van der Waals surface area contributed by atoms with Gasteiger partial charge in [-0.25, -0.2) is 18.8 Å². The zero-order valence-electron chi connectivity index (χ0n) is 19.3. The molecule has 3 heterocycles. The molecule has 0 amide bonds. The van der Waals surface area contributed by atoms with E-state index in [1.807, 2.05) is 18.2 Å². The van der Waals surface area contributed by atoms with Crippen molar-refractivity contribution in [2.24, 2.45) is 15.0 Å². The number of fused-ring (bicyclic) bond motifs is 1. The van der Waals surface area contributed by atoms with Gasteiger partial charge in [0.25, 0.3) is 0 Å². The lowest BCUT2D eigenvalue weighted by Gasteiger charge is -2.16. The topological polar surface area (TPSA) is 66.5 Å². The molecule has 3 aliphatic heterocycles. The van der Waals surface area contributed by atoms with Gasteiger partial charge < -0.3 is 9.84 Å². The maximum atomic E-state index is 14.2. The van der Waals surface area contributed by atoms with Crippen molar-refractivity contribution in [3.05, 3.63) is 94.4 Å². The lowest BCUT2D eigenvalue weighted by molar-refractivity contribution is 0.203. The minimum atomic E-state index is -0.953. The van der Waals surface area contributed by atoms with Crippen LogP contribution in [-0.2, 0) is 4.74 Å². The van der Waals surface area contributed by atoms with Crippen LogP contribution in [0.1, 0.15) is 43.7 Å². The summed E-state index contributed by atoms with van der Waals surface area (Å²) in [6.07, 6.45) is 8.69. The second-order valence-corrected chi connectivity index (χ2v) is 8.79. The van der Waals surface area contributed by atoms with Gasteiger partial charge in [-0.1, -0.05) is 29.8 Å². The van der Waals surface area contributed by atoms with Crippen molar-refractivity contribution in [3.63, 3.8) is 0 Å². The Balaban J connectivity index is 1.35. The third kappa shape index (κ3) is 4.99. The summed E-state index contributed by atoms with van der Waals surface area (Å²) in [6.45, 7) is 2.70. The van der Waals surface area contributed by atoms with E-state index >= 15 is 0 Å². The van der Waals surface area contributed by atoms with Gasteiger partial charge in [-0.3, -0.25) is 4.99 Å². The zero-order valence-corrected chi connectivity index (χ0v) is 19.3. The highest BCUT2D eigenvalue weighted by Gasteiger charge is 2.23. The van der Waals surface area contributed by atoms with Gasteiger partial charge >= 0.3 is 0 Å². The Bertz CT molecular complexity index is 1330. The van der Waals surface area contributed by atoms with Crippen LogP contribution in [0.15, 0.2) is 86.6 Å². The van der Waals surface area contributed by atoms with Crippen LogP contribution in [0.3, 0.4) is 0 Å². The van der Waals surface area contributed by atoms with Crippen LogP contribution >= 0.6 is 0 Å². The summed E-state index contributed by atoms with van der Waals surface area (Å²) in [4.78, 5) is 13.6. The van der Waals surface area contributed by atoms with Crippen molar-refractivity contribution in [1.29, 1.82) is 0 Å². The first kappa shape index (κ1) is 22.9. The molecule has 0 aliphatic carbocycles. The van der Waals surface area contributed by atoms with Crippen molar-refractivity contribution in [3.8, 4) is 5.75 Å². The van der Waals surface area contributed by atoms with Gasteiger partial charge in [-0.15, -0.1) is 0 Å². The predicted molar refractivity (Wildman–Crippen MR) is 134 cm³/mol. The van der Waals surface area contributed by atoms with Gasteiger partial charge in [-0.2, -0.15) is 0 Å². The number of nitrogens with zero attached hydrogens (tertiary/aromatic N) is 3. The first-order chi connectivity index (χ1) is 17.0. The first-order valence-electron chi connectivity index (χ1n) is 11.7. The summed E-state index contributed by atoms with van der Waals surface area (Å²) in [5, 5.41) is 9.64. The molecule has 0 fully saturated rings. The molecule has 0 bridgehead atoms. The molecule has 5 nitrogen and oxygen atoms in total. The average molecular weight is 474 g/mol. The van der Waals surface area contributed by atoms with E-state index in [9.17, 15) is 13.9 Å². The van der Waals surface area contributed by atoms with Crippen molar-refractivity contribution >= 4 is 23.3 Å². The fourth-order valence-electron chi connectivity index (χ4n) is 4.34. The number of benzene rings is 2. The summed E-state index contributed by atoms with van der Waals surface area (Å²) in [5.41, 5.74) is 4.58. The highest BCUT2D eigenvalue weighted by Crippen LogP contribution is 2.30. The number of phenols is 1. The molecule has 1 N–H and O–H groups in total. The Hall–Kier alpha value is -3.87. The van der Waals surface area contributed by atoms with Crippen LogP contribution in [0.4, 0.5) is 8.78 Å². The van der Waals surface area contributed by atoms with E-state index in [1.165, 1.54) is 17.7 Å². The maximum absolute atomic E-state index is 14.2. The number of aromatic hydroxyl groups is 1. The second kappa shape index (κ2) is 9.78. The van der Waals surface area contributed by atoms with E-state index in [-0.39, 0.29) is 23.2 Å². The van der Waals surface area contributed by atoms with E-state index in [1.54, 1.807) is 18.3 Å². The van der Waals surface area contributed by atoms with Crippen LogP contribution in [-0.4, -0.2) is 35.5 Å². The third-order valence-corrected chi connectivity index (χ3v) is 6.30. The van der Waals surface area contributed by atoms with Crippen molar-refractivity contribution in [2.45, 2.75) is 38.6 Å². The van der Waals surface area contributed by atoms with Crippen LogP contribution in [0.5, 0.6) is 5.75 Å². The predicted octanol–water partition coefficient (Wildman–Crippen LogP) is 6.16. The summed E-state index contributed by atoms with van der Waals surface area (Å²) in [6, 6.07) is 11.2. The number of rotatable bonds is 4. The number of amidine groups is 1. The van der Waals surface area contributed by atoms with Crippen LogP contribution < -0.4 is 0 Å². The minimum Gasteiger partial charge on any atom is -0.508 e. The number of allylic oxidation sites excluding steroid dienone is 4. The normalized spacial score (nSPS) is 20.0. The van der Waals surface area contributed by atoms with Gasteiger partial charge in [0.05, 0.1) is 29.7 Å². The van der Waals surface area contributed by atoms with Gasteiger partial charge in [0.1, 0.15) is 11.5 Å². The van der Waals surface area contributed by atoms with Gasteiger partial charge in [0.2, 0.25) is 0 Å². The van der Waals surface area contributed by atoms with Crippen LogP contribution in [0.2, 0.25) is 0 Å². The SMILES string of the molecule is CC1=C(c2ccc(O)cc2)C=C(CC2CCC=C3N=C(c4cccc(F)c4F)N=C3C=N2)OCC1. The first-order valence-corrected chi connectivity index (χ1v) is 11.7.